The molecular formula is C8H8Cl2N4. The molecule has 0 aliphatic rings. The van der Waals surface area contributed by atoms with Gasteiger partial charge in [-0.25, -0.2) is 9.97 Å². The Kier molecular flexibility index (Phi) is 2.56. The number of imidazole rings is 1. The van der Waals surface area contributed by atoms with Crippen LogP contribution in [0.3, 0.4) is 0 Å². The summed E-state index contributed by atoms with van der Waals surface area (Å²) < 4.78 is 1.91. The van der Waals surface area contributed by atoms with Crippen LogP contribution < -0.4 is 0 Å². The smallest absolute Gasteiger partial charge is 0.225 e. The first-order valence-corrected chi connectivity index (χ1v) is 5.02. The summed E-state index contributed by atoms with van der Waals surface area (Å²) in [5, 5.41) is 0.454. The Balaban J connectivity index is 2.66. The van der Waals surface area contributed by atoms with E-state index in [0.717, 1.165) is 13.0 Å². The van der Waals surface area contributed by atoms with Crippen molar-refractivity contribution in [2.24, 2.45) is 0 Å². The summed E-state index contributed by atoms with van der Waals surface area (Å²) in [6.45, 7) is 2.93. The average Bonchev–Trinajstić information content (AvgIpc) is 2.49. The molecule has 0 N–H and O–H groups in total. The van der Waals surface area contributed by atoms with Crippen LogP contribution in [-0.4, -0.2) is 19.5 Å². The maximum absolute atomic E-state index is 5.86. The van der Waals surface area contributed by atoms with Crippen molar-refractivity contribution in [3.05, 3.63) is 16.8 Å². The lowest BCUT2D eigenvalue weighted by Gasteiger charge is -2.00. The lowest BCUT2D eigenvalue weighted by Crippen LogP contribution is -1.97. The van der Waals surface area contributed by atoms with Gasteiger partial charge >= 0.3 is 0 Å². The number of nitrogens with zero attached hydrogens (tertiary/aromatic N) is 4. The van der Waals surface area contributed by atoms with Crippen molar-refractivity contribution >= 4 is 34.4 Å². The zero-order chi connectivity index (χ0) is 10.1. The highest BCUT2D eigenvalue weighted by Crippen LogP contribution is 2.20. The van der Waals surface area contributed by atoms with E-state index in [-0.39, 0.29) is 5.28 Å². The van der Waals surface area contributed by atoms with Crippen LogP contribution in [0.2, 0.25) is 10.4 Å². The Bertz CT molecular complexity index is 466. The van der Waals surface area contributed by atoms with Crippen molar-refractivity contribution in [2.45, 2.75) is 19.9 Å². The van der Waals surface area contributed by atoms with Crippen molar-refractivity contribution < 1.29 is 0 Å². The van der Waals surface area contributed by atoms with Crippen molar-refractivity contribution in [1.29, 1.82) is 0 Å². The van der Waals surface area contributed by atoms with Gasteiger partial charge in [-0.1, -0.05) is 18.5 Å². The molecule has 0 saturated carbocycles. The van der Waals surface area contributed by atoms with Crippen molar-refractivity contribution in [3.63, 3.8) is 0 Å². The predicted molar refractivity (Wildman–Crippen MR) is 55.6 cm³/mol. The van der Waals surface area contributed by atoms with E-state index < -0.39 is 0 Å². The summed E-state index contributed by atoms with van der Waals surface area (Å²) in [6.07, 6.45) is 2.70. The van der Waals surface area contributed by atoms with E-state index in [1.807, 2.05) is 4.57 Å². The zero-order valence-corrected chi connectivity index (χ0v) is 9.05. The third-order valence-corrected chi connectivity index (χ3v) is 2.29. The summed E-state index contributed by atoms with van der Waals surface area (Å²) in [7, 11) is 0. The minimum atomic E-state index is 0.153. The first-order chi connectivity index (χ1) is 6.72. The fourth-order valence-corrected chi connectivity index (χ4v) is 1.71. The van der Waals surface area contributed by atoms with Gasteiger partial charge in [0.25, 0.3) is 0 Å². The molecule has 0 saturated heterocycles. The van der Waals surface area contributed by atoms with Gasteiger partial charge in [0.05, 0.1) is 6.33 Å². The van der Waals surface area contributed by atoms with Crippen LogP contribution in [0.15, 0.2) is 6.33 Å². The van der Waals surface area contributed by atoms with Crippen LogP contribution in [0.5, 0.6) is 0 Å². The van der Waals surface area contributed by atoms with Crippen molar-refractivity contribution in [2.75, 3.05) is 0 Å². The number of aromatic nitrogens is 4. The molecule has 0 amide bonds. The van der Waals surface area contributed by atoms with Gasteiger partial charge in [0.2, 0.25) is 5.28 Å². The zero-order valence-electron chi connectivity index (χ0n) is 7.54. The largest absolute Gasteiger partial charge is 0.315 e. The number of fused-ring (bicyclic) bond motifs is 1. The van der Waals surface area contributed by atoms with Crippen LogP contribution in [0.25, 0.3) is 11.2 Å². The van der Waals surface area contributed by atoms with Crippen molar-refractivity contribution in [3.8, 4) is 0 Å². The van der Waals surface area contributed by atoms with E-state index >= 15 is 0 Å². The summed E-state index contributed by atoms with van der Waals surface area (Å²) >= 11 is 11.6. The van der Waals surface area contributed by atoms with Crippen LogP contribution >= 0.6 is 23.2 Å². The molecule has 0 unspecified atom stereocenters. The molecule has 0 aliphatic heterocycles. The number of halogens is 2. The third kappa shape index (κ3) is 1.55. The highest BCUT2D eigenvalue weighted by atomic mass is 35.5. The molecule has 0 aromatic carbocycles. The lowest BCUT2D eigenvalue weighted by molar-refractivity contribution is 0.691. The van der Waals surface area contributed by atoms with E-state index in [1.165, 1.54) is 0 Å². The van der Waals surface area contributed by atoms with Gasteiger partial charge in [-0.05, 0) is 18.0 Å². The number of rotatable bonds is 2. The van der Waals surface area contributed by atoms with E-state index in [0.29, 0.717) is 16.3 Å². The summed E-state index contributed by atoms with van der Waals surface area (Å²) in [6, 6.07) is 0. The molecule has 2 rings (SSSR count). The maximum atomic E-state index is 5.86. The highest BCUT2D eigenvalue weighted by Gasteiger charge is 2.09. The molecule has 2 heterocycles. The normalized spacial score (nSPS) is 11.1. The predicted octanol–water partition coefficient (Wildman–Crippen LogP) is 2.54. The van der Waals surface area contributed by atoms with Gasteiger partial charge in [-0.15, -0.1) is 0 Å². The van der Waals surface area contributed by atoms with Gasteiger partial charge in [-0.2, -0.15) is 4.98 Å². The maximum Gasteiger partial charge on any atom is 0.225 e. The second-order valence-electron chi connectivity index (χ2n) is 2.89. The second kappa shape index (κ2) is 3.71. The Labute approximate surface area is 90.9 Å². The average molecular weight is 231 g/mol. The molecule has 0 fully saturated rings. The second-order valence-corrected chi connectivity index (χ2v) is 3.59. The minimum Gasteiger partial charge on any atom is -0.315 e. The standard InChI is InChI=1S/C8H8Cl2N4/c1-2-3-14-4-11-5-6(9)12-8(10)13-7(5)14/h4H,2-3H2,1H3. The quantitative estimate of drug-likeness (QED) is 0.589. The monoisotopic (exact) mass is 230 g/mol. The first-order valence-electron chi connectivity index (χ1n) is 4.26. The Morgan fingerprint density at radius 1 is 1.36 bits per heavy atom. The lowest BCUT2D eigenvalue weighted by atomic mass is 10.4. The van der Waals surface area contributed by atoms with Crippen LogP contribution in [0.4, 0.5) is 0 Å². The molecule has 4 nitrogen and oxygen atoms in total. The molecule has 0 radical (unpaired) electrons. The third-order valence-electron chi connectivity index (χ3n) is 1.86. The van der Waals surface area contributed by atoms with Crippen LogP contribution in [0.1, 0.15) is 13.3 Å². The molecule has 0 bridgehead atoms. The fraction of sp³-hybridized carbons (Fsp3) is 0.375. The van der Waals surface area contributed by atoms with Crippen LogP contribution in [0, 0.1) is 0 Å². The Morgan fingerprint density at radius 3 is 2.86 bits per heavy atom. The molecule has 14 heavy (non-hydrogen) atoms. The first kappa shape index (κ1) is 9.68. The van der Waals surface area contributed by atoms with E-state index in [9.17, 15) is 0 Å². The number of hydrogen-bond acceptors (Lipinski definition) is 3. The summed E-state index contributed by atoms with van der Waals surface area (Å²) in [5.74, 6) is 0. The Hall–Kier alpha value is -0.870. The van der Waals surface area contributed by atoms with Gasteiger partial charge < -0.3 is 4.57 Å². The Morgan fingerprint density at radius 2 is 2.14 bits per heavy atom. The van der Waals surface area contributed by atoms with Gasteiger partial charge in [0.1, 0.15) is 5.52 Å². The van der Waals surface area contributed by atoms with Crippen molar-refractivity contribution in [1.82, 2.24) is 19.5 Å². The van der Waals surface area contributed by atoms with Crippen LogP contribution in [-0.2, 0) is 6.54 Å². The fourth-order valence-electron chi connectivity index (χ4n) is 1.29. The van der Waals surface area contributed by atoms with Gasteiger partial charge in [0.15, 0.2) is 10.8 Å². The van der Waals surface area contributed by atoms with Gasteiger partial charge in [0, 0.05) is 6.54 Å². The SMILES string of the molecule is CCCn1cnc2c(Cl)nc(Cl)nc21. The molecular weight excluding hydrogens is 223 g/mol. The van der Waals surface area contributed by atoms with Gasteiger partial charge in [-0.3, -0.25) is 0 Å². The highest BCUT2D eigenvalue weighted by molar-refractivity contribution is 6.35. The summed E-state index contributed by atoms with van der Waals surface area (Å²) in [5.41, 5.74) is 1.29. The number of hydrogen-bond donors (Lipinski definition) is 0. The molecule has 0 aliphatic carbocycles. The summed E-state index contributed by atoms with van der Waals surface area (Å²) in [4.78, 5) is 12.0. The molecule has 2 aromatic heterocycles. The van der Waals surface area contributed by atoms with E-state index in [4.69, 9.17) is 23.2 Å². The molecule has 0 atom stereocenters. The molecule has 0 spiro atoms. The number of aryl methyl sites for hydroxylation is 1. The molecule has 74 valence electrons. The molecule has 6 heteroatoms. The molecule has 2 aromatic rings. The minimum absolute atomic E-state index is 0.153. The topological polar surface area (TPSA) is 43.6 Å². The van der Waals surface area contributed by atoms with E-state index in [2.05, 4.69) is 21.9 Å². The van der Waals surface area contributed by atoms with E-state index in [1.54, 1.807) is 6.33 Å².